The molecule has 2 unspecified atom stereocenters. The molecule has 0 aliphatic carbocycles. The van der Waals surface area contributed by atoms with Crippen LogP contribution in [-0.2, 0) is 15.7 Å². The number of alkyl halides is 3. The number of hydrogen-bond acceptors (Lipinski definition) is 4. The predicted octanol–water partition coefficient (Wildman–Crippen LogP) is 3.17. The number of hydrogen-bond donors (Lipinski definition) is 3. The van der Waals surface area contributed by atoms with Gasteiger partial charge in [-0.25, -0.2) is 4.79 Å². The van der Waals surface area contributed by atoms with Crippen LogP contribution in [-0.4, -0.2) is 35.9 Å². The van der Waals surface area contributed by atoms with Crippen LogP contribution in [0.25, 0.3) is 0 Å². The minimum absolute atomic E-state index is 0.00768. The maximum atomic E-state index is 12.7. The van der Waals surface area contributed by atoms with Gasteiger partial charge in [0.1, 0.15) is 0 Å². The summed E-state index contributed by atoms with van der Waals surface area (Å²) in [6.07, 6.45) is -6.71. The van der Waals surface area contributed by atoms with E-state index in [1.165, 1.54) is 12.1 Å². The van der Waals surface area contributed by atoms with Crippen molar-refractivity contribution in [2.24, 2.45) is 0 Å². The van der Waals surface area contributed by atoms with Crippen molar-refractivity contribution >= 4 is 5.97 Å². The van der Waals surface area contributed by atoms with Crippen molar-refractivity contribution in [3.63, 3.8) is 0 Å². The second-order valence-electron chi connectivity index (χ2n) is 5.84. The zero-order valence-corrected chi connectivity index (χ0v) is 14.3. The summed E-state index contributed by atoms with van der Waals surface area (Å²) in [7, 11) is 0. The smallest absolute Gasteiger partial charge is 0.416 e. The molecular formula is C19H20F3NO4. The summed E-state index contributed by atoms with van der Waals surface area (Å²) in [5.74, 6) is -1.12. The molecule has 0 aromatic heterocycles. The number of carboxylic acids is 1. The summed E-state index contributed by atoms with van der Waals surface area (Å²) in [5.41, 5.74) is -0.172. The monoisotopic (exact) mass is 383 g/mol. The SMILES string of the molecule is O=C(O)C(OCCNCC(O)c1cccc(C(F)(F)F)c1)c1ccccc1. The first-order valence-corrected chi connectivity index (χ1v) is 8.24. The number of benzene rings is 2. The minimum Gasteiger partial charge on any atom is -0.479 e. The van der Waals surface area contributed by atoms with Crippen molar-refractivity contribution < 1.29 is 32.9 Å². The maximum Gasteiger partial charge on any atom is 0.416 e. The number of ether oxygens (including phenoxy) is 1. The molecule has 0 fully saturated rings. The van der Waals surface area contributed by atoms with Gasteiger partial charge in [-0.3, -0.25) is 0 Å². The Balaban J connectivity index is 1.80. The lowest BCUT2D eigenvalue weighted by Gasteiger charge is -2.16. The second kappa shape index (κ2) is 9.50. The summed E-state index contributed by atoms with van der Waals surface area (Å²) >= 11 is 0. The highest BCUT2D eigenvalue weighted by atomic mass is 19.4. The molecular weight excluding hydrogens is 363 g/mol. The van der Waals surface area contributed by atoms with Gasteiger partial charge in [0.25, 0.3) is 0 Å². The molecule has 2 atom stereocenters. The quantitative estimate of drug-likeness (QED) is 0.580. The number of rotatable bonds is 9. The third-order valence-corrected chi connectivity index (χ3v) is 3.83. The molecule has 0 saturated heterocycles. The molecule has 0 amide bonds. The zero-order valence-electron chi connectivity index (χ0n) is 14.3. The van der Waals surface area contributed by atoms with Crippen molar-refractivity contribution in [3.8, 4) is 0 Å². The first kappa shape index (κ1) is 20.9. The molecule has 2 aromatic rings. The Hall–Kier alpha value is -2.42. The molecule has 8 heteroatoms. The van der Waals surface area contributed by atoms with Crippen molar-refractivity contribution in [2.75, 3.05) is 19.7 Å². The van der Waals surface area contributed by atoms with E-state index in [-0.39, 0.29) is 25.3 Å². The average molecular weight is 383 g/mol. The van der Waals surface area contributed by atoms with Gasteiger partial charge >= 0.3 is 12.1 Å². The standard InChI is InChI=1S/C19H20F3NO4/c20-19(21,22)15-8-4-7-14(11-15)16(24)12-23-9-10-27-17(18(25)26)13-5-2-1-3-6-13/h1-8,11,16-17,23-24H,9-10,12H2,(H,25,26). The number of carbonyl (C=O) groups is 1. The lowest BCUT2D eigenvalue weighted by atomic mass is 10.1. The van der Waals surface area contributed by atoms with E-state index in [4.69, 9.17) is 4.74 Å². The lowest BCUT2D eigenvalue weighted by Crippen LogP contribution is -2.27. The first-order valence-electron chi connectivity index (χ1n) is 8.24. The van der Waals surface area contributed by atoms with E-state index in [2.05, 4.69) is 5.32 Å². The molecule has 0 radical (unpaired) electrons. The Morgan fingerprint density at radius 2 is 1.74 bits per heavy atom. The Kier molecular flexibility index (Phi) is 7.35. The van der Waals surface area contributed by atoms with Gasteiger partial charge in [0.15, 0.2) is 6.10 Å². The summed E-state index contributed by atoms with van der Waals surface area (Å²) in [5, 5.41) is 22.1. The largest absolute Gasteiger partial charge is 0.479 e. The van der Waals surface area contributed by atoms with Gasteiger partial charge in [-0.05, 0) is 23.3 Å². The van der Waals surface area contributed by atoms with Crippen molar-refractivity contribution in [1.29, 1.82) is 0 Å². The van der Waals surface area contributed by atoms with Gasteiger partial charge < -0.3 is 20.3 Å². The van der Waals surface area contributed by atoms with E-state index in [0.717, 1.165) is 12.1 Å². The van der Waals surface area contributed by atoms with Crippen LogP contribution in [0.3, 0.4) is 0 Å². The number of carboxylic acid groups (broad SMARTS) is 1. The van der Waals surface area contributed by atoms with Crippen LogP contribution < -0.4 is 5.32 Å². The van der Waals surface area contributed by atoms with Gasteiger partial charge in [-0.2, -0.15) is 13.2 Å². The minimum atomic E-state index is -4.47. The molecule has 2 rings (SSSR count). The topological polar surface area (TPSA) is 78.8 Å². The normalized spacial score (nSPS) is 13.9. The average Bonchev–Trinajstić information content (AvgIpc) is 2.64. The summed E-state index contributed by atoms with van der Waals surface area (Å²) in [4.78, 5) is 11.3. The van der Waals surface area contributed by atoms with Gasteiger partial charge in [-0.15, -0.1) is 0 Å². The Labute approximate surface area is 154 Å². The van der Waals surface area contributed by atoms with E-state index in [1.54, 1.807) is 30.3 Å². The molecule has 3 N–H and O–H groups in total. The maximum absolute atomic E-state index is 12.7. The fraction of sp³-hybridized carbons (Fsp3) is 0.316. The van der Waals surface area contributed by atoms with Crippen LogP contribution in [0.4, 0.5) is 13.2 Å². The van der Waals surface area contributed by atoms with Crippen LogP contribution in [0.15, 0.2) is 54.6 Å². The van der Waals surface area contributed by atoms with Crippen molar-refractivity contribution in [2.45, 2.75) is 18.4 Å². The van der Waals surface area contributed by atoms with Gasteiger partial charge in [-0.1, -0.05) is 42.5 Å². The highest BCUT2D eigenvalue weighted by Crippen LogP contribution is 2.30. The summed E-state index contributed by atoms with van der Waals surface area (Å²) < 4.78 is 43.5. The summed E-state index contributed by atoms with van der Waals surface area (Å²) in [6, 6.07) is 12.9. The third kappa shape index (κ3) is 6.35. The predicted molar refractivity (Wildman–Crippen MR) is 92.0 cm³/mol. The van der Waals surface area contributed by atoms with Crippen LogP contribution in [0.2, 0.25) is 0 Å². The van der Waals surface area contributed by atoms with Crippen LogP contribution in [0.1, 0.15) is 28.9 Å². The highest BCUT2D eigenvalue weighted by Gasteiger charge is 2.30. The van der Waals surface area contributed by atoms with Crippen LogP contribution >= 0.6 is 0 Å². The number of aliphatic hydroxyl groups excluding tert-OH is 1. The third-order valence-electron chi connectivity index (χ3n) is 3.83. The van der Waals surface area contributed by atoms with Gasteiger partial charge in [0.2, 0.25) is 0 Å². The fourth-order valence-corrected chi connectivity index (χ4v) is 2.47. The number of nitrogens with one attached hydrogen (secondary N) is 1. The van der Waals surface area contributed by atoms with Gasteiger partial charge in [0.05, 0.1) is 18.3 Å². The Morgan fingerprint density at radius 3 is 2.37 bits per heavy atom. The Bertz CT molecular complexity index is 737. The van der Waals surface area contributed by atoms with E-state index >= 15 is 0 Å². The Morgan fingerprint density at radius 1 is 1.07 bits per heavy atom. The lowest BCUT2D eigenvalue weighted by molar-refractivity contribution is -0.150. The molecule has 5 nitrogen and oxygen atoms in total. The number of aliphatic carboxylic acids is 1. The van der Waals surface area contributed by atoms with E-state index in [9.17, 15) is 28.2 Å². The van der Waals surface area contributed by atoms with E-state index < -0.39 is 29.9 Å². The van der Waals surface area contributed by atoms with Crippen LogP contribution in [0.5, 0.6) is 0 Å². The van der Waals surface area contributed by atoms with Crippen molar-refractivity contribution in [1.82, 2.24) is 5.32 Å². The molecule has 0 aliphatic heterocycles. The molecule has 0 spiro atoms. The fourth-order valence-electron chi connectivity index (χ4n) is 2.47. The number of halogens is 3. The van der Waals surface area contributed by atoms with Gasteiger partial charge in [0, 0.05) is 13.1 Å². The molecule has 2 aromatic carbocycles. The molecule has 0 aliphatic rings. The second-order valence-corrected chi connectivity index (χ2v) is 5.84. The van der Waals surface area contributed by atoms with Crippen molar-refractivity contribution in [3.05, 3.63) is 71.3 Å². The van der Waals surface area contributed by atoms with E-state index in [1.807, 2.05) is 0 Å². The molecule has 27 heavy (non-hydrogen) atoms. The highest BCUT2D eigenvalue weighted by molar-refractivity contribution is 5.74. The molecule has 0 heterocycles. The van der Waals surface area contributed by atoms with E-state index in [0.29, 0.717) is 5.56 Å². The molecule has 146 valence electrons. The first-order chi connectivity index (χ1) is 12.8. The molecule has 0 saturated carbocycles. The summed E-state index contributed by atoms with van der Waals surface area (Å²) in [6.45, 7) is 0.293. The number of aliphatic hydroxyl groups is 1. The van der Waals surface area contributed by atoms with Crippen LogP contribution in [0, 0.1) is 0 Å². The zero-order chi connectivity index (χ0) is 19.9. The molecule has 0 bridgehead atoms.